The van der Waals surface area contributed by atoms with Crippen LogP contribution in [0.3, 0.4) is 0 Å². The molecule has 0 bridgehead atoms. The molecule has 5 nitrogen and oxygen atoms in total. The minimum atomic E-state index is -0.437. The lowest BCUT2D eigenvalue weighted by Crippen LogP contribution is -2.42. The summed E-state index contributed by atoms with van der Waals surface area (Å²) in [5.74, 6) is -0.106. The summed E-state index contributed by atoms with van der Waals surface area (Å²) in [5, 5.41) is 11.2. The fourth-order valence-corrected chi connectivity index (χ4v) is 1.14. The van der Waals surface area contributed by atoms with Gasteiger partial charge in [0.05, 0.1) is 6.04 Å². The Hall–Kier alpha value is -0.650. The summed E-state index contributed by atoms with van der Waals surface area (Å²) in [7, 11) is 3.04. The number of carbonyl (C=O) groups is 1. The SMILES string of the molecule is COC(OC)C(C)NC(=O)CCCO. The molecular formula is C9H19NO4. The highest BCUT2D eigenvalue weighted by molar-refractivity contribution is 5.76. The molecule has 0 spiro atoms. The van der Waals surface area contributed by atoms with Gasteiger partial charge in [0, 0.05) is 27.2 Å². The number of carbonyl (C=O) groups excluding carboxylic acids is 1. The zero-order valence-electron chi connectivity index (χ0n) is 8.95. The number of nitrogens with one attached hydrogen (secondary N) is 1. The molecule has 5 heteroatoms. The van der Waals surface area contributed by atoms with Gasteiger partial charge in [-0.3, -0.25) is 4.79 Å². The van der Waals surface area contributed by atoms with Crippen LogP contribution in [0.4, 0.5) is 0 Å². The van der Waals surface area contributed by atoms with Crippen LogP contribution in [-0.2, 0) is 14.3 Å². The fourth-order valence-electron chi connectivity index (χ4n) is 1.14. The molecule has 0 aromatic carbocycles. The average Bonchev–Trinajstić information content (AvgIpc) is 2.16. The molecule has 84 valence electrons. The monoisotopic (exact) mass is 205 g/mol. The van der Waals surface area contributed by atoms with Crippen molar-refractivity contribution in [2.24, 2.45) is 0 Å². The van der Waals surface area contributed by atoms with Crippen LogP contribution in [0.2, 0.25) is 0 Å². The van der Waals surface area contributed by atoms with Crippen molar-refractivity contribution in [3.63, 3.8) is 0 Å². The Labute approximate surface area is 84.4 Å². The molecule has 1 amide bonds. The van der Waals surface area contributed by atoms with Crippen molar-refractivity contribution in [3.05, 3.63) is 0 Å². The van der Waals surface area contributed by atoms with Crippen LogP contribution in [0, 0.1) is 0 Å². The number of rotatable bonds is 7. The van der Waals surface area contributed by atoms with Crippen molar-refractivity contribution in [1.29, 1.82) is 0 Å². The van der Waals surface area contributed by atoms with Gasteiger partial charge in [0.25, 0.3) is 0 Å². The van der Waals surface area contributed by atoms with Crippen LogP contribution in [0.25, 0.3) is 0 Å². The summed E-state index contributed by atoms with van der Waals surface area (Å²) in [6, 6.07) is -0.198. The highest BCUT2D eigenvalue weighted by Gasteiger charge is 2.17. The second-order valence-corrected chi connectivity index (χ2v) is 3.02. The summed E-state index contributed by atoms with van der Waals surface area (Å²) < 4.78 is 9.96. The van der Waals surface area contributed by atoms with E-state index in [-0.39, 0.29) is 18.6 Å². The van der Waals surface area contributed by atoms with E-state index in [4.69, 9.17) is 14.6 Å². The molecule has 0 saturated carbocycles. The average molecular weight is 205 g/mol. The maximum atomic E-state index is 11.2. The first-order valence-electron chi connectivity index (χ1n) is 4.61. The van der Waals surface area contributed by atoms with E-state index in [1.807, 2.05) is 0 Å². The van der Waals surface area contributed by atoms with Gasteiger partial charge >= 0.3 is 0 Å². The molecule has 0 aliphatic heterocycles. The smallest absolute Gasteiger partial charge is 0.220 e. The third-order valence-corrected chi connectivity index (χ3v) is 1.82. The zero-order valence-corrected chi connectivity index (χ0v) is 8.95. The minimum absolute atomic E-state index is 0.0276. The van der Waals surface area contributed by atoms with E-state index < -0.39 is 6.29 Å². The van der Waals surface area contributed by atoms with Crippen LogP contribution >= 0.6 is 0 Å². The molecule has 0 aliphatic carbocycles. The normalized spacial score (nSPS) is 12.9. The highest BCUT2D eigenvalue weighted by Crippen LogP contribution is 1.99. The Morgan fingerprint density at radius 3 is 2.43 bits per heavy atom. The van der Waals surface area contributed by atoms with E-state index in [9.17, 15) is 4.79 Å². The number of aliphatic hydroxyl groups excluding tert-OH is 1. The lowest BCUT2D eigenvalue weighted by molar-refractivity contribution is -0.136. The molecule has 0 aromatic rings. The van der Waals surface area contributed by atoms with Gasteiger partial charge in [0.15, 0.2) is 6.29 Å². The molecule has 0 aromatic heterocycles. The lowest BCUT2D eigenvalue weighted by atomic mass is 10.2. The molecule has 0 radical (unpaired) electrons. The summed E-state index contributed by atoms with van der Waals surface area (Å²) in [4.78, 5) is 11.2. The van der Waals surface area contributed by atoms with Gasteiger partial charge in [-0.2, -0.15) is 0 Å². The van der Waals surface area contributed by atoms with Crippen molar-refractivity contribution in [2.45, 2.75) is 32.1 Å². The maximum absolute atomic E-state index is 11.2. The Kier molecular flexibility index (Phi) is 7.37. The molecule has 1 atom stereocenters. The van der Waals surface area contributed by atoms with Crippen LogP contribution in [0.1, 0.15) is 19.8 Å². The highest BCUT2D eigenvalue weighted by atomic mass is 16.7. The number of ether oxygens (including phenoxy) is 2. The quantitative estimate of drug-likeness (QED) is 0.569. The predicted molar refractivity (Wildman–Crippen MR) is 51.7 cm³/mol. The third-order valence-electron chi connectivity index (χ3n) is 1.82. The molecule has 2 N–H and O–H groups in total. The summed E-state index contributed by atoms with van der Waals surface area (Å²) >= 11 is 0. The molecule has 1 unspecified atom stereocenters. The number of hydrogen-bond donors (Lipinski definition) is 2. The molecule has 0 fully saturated rings. The van der Waals surface area contributed by atoms with Crippen molar-refractivity contribution < 1.29 is 19.4 Å². The van der Waals surface area contributed by atoms with E-state index in [0.29, 0.717) is 12.8 Å². The second-order valence-electron chi connectivity index (χ2n) is 3.02. The summed E-state index contributed by atoms with van der Waals surface area (Å²) in [5.41, 5.74) is 0. The van der Waals surface area contributed by atoms with E-state index >= 15 is 0 Å². The van der Waals surface area contributed by atoms with E-state index in [0.717, 1.165) is 0 Å². The van der Waals surface area contributed by atoms with E-state index in [2.05, 4.69) is 5.32 Å². The topological polar surface area (TPSA) is 67.8 Å². The second kappa shape index (κ2) is 7.73. The first-order valence-corrected chi connectivity index (χ1v) is 4.61. The van der Waals surface area contributed by atoms with E-state index in [1.165, 1.54) is 14.2 Å². The number of aliphatic hydroxyl groups is 1. The standard InChI is InChI=1S/C9H19NO4/c1-7(9(13-2)14-3)10-8(12)5-4-6-11/h7,9,11H,4-6H2,1-3H3,(H,10,12). The molecule has 0 rings (SSSR count). The molecule has 14 heavy (non-hydrogen) atoms. The molecule has 0 saturated heterocycles. The first kappa shape index (κ1) is 13.4. The zero-order chi connectivity index (χ0) is 11.0. The molecule has 0 aliphatic rings. The van der Waals surface area contributed by atoms with Gasteiger partial charge in [-0.05, 0) is 13.3 Å². The lowest BCUT2D eigenvalue weighted by Gasteiger charge is -2.21. The largest absolute Gasteiger partial charge is 0.396 e. The van der Waals surface area contributed by atoms with Gasteiger partial charge in [0.2, 0.25) is 5.91 Å². The maximum Gasteiger partial charge on any atom is 0.220 e. The van der Waals surface area contributed by atoms with Crippen molar-refractivity contribution in [3.8, 4) is 0 Å². The van der Waals surface area contributed by atoms with Gasteiger partial charge in [-0.25, -0.2) is 0 Å². The fraction of sp³-hybridized carbons (Fsp3) is 0.889. The third kappa shape index (κ3) is 5.16. The molecular weight excluding hydrogens is 186 g/mol. The Morgan fingerprint density at radius 1 is 1.43 bits per heavy atom. The van der Waals surface area contributed by atoms with Crippen molar-refractivity contribution >= 4 is 5.91 Å². The molecule has 0 heterocycles. The van der Waals surface area contributed by atoms with Gasteiger partial charge in [-0.15, -0.1) is 0 Å². The number of methoxy groups -OCH3 is 2. The summed E-state index contributed by atoms with van der Waals surface area (Å²) in [6.07, 6.45) is 0.359. The Morgan fingerprint density at radius 2 is 2.00 bits per heavy atom. The first-order chi connectivity index (χ1) is 6.65. The summed E-state index contributed by atoms with van der Waals surface area (Å²) in [6.45, 7) is 1.83. The predicted octanol–water partition coefficient (Wildman–Crippen LogP) is -0.118. The van der Waals surface area contributed by atoms with Crippen molar-refractivity contribution in [2.75, 3.05) is 20.8 Å². The van der Waals surface area contributed by atoms with Crippen LogP contribution in [0.15, 0.2) is 0 Å². The number of amides is 1. The van der Waals surface area contributed by atoms with Crippen LogP contribution < -0.4 is 5.32 Å². The van der Waals surface area contributed by atoms with Gasteiger partial charge in [-0.1, -0.05) is 0 Å². The Balaban J connectivity index is 3.79. The van der Waals surface area contributed by atoms with Gasteiger partial charge in [0.1, 0.15) is 0 Å². The van der Waals surface area contributed by atoms with Crippen LogP contribution in [-0.4, -0.2) is 44.2 Å². The minimum Gasteiger partial charge on any atom is -0.396 e. The Bertz CT molecular complexity index is 159. The number of hydrogen-bond acceptors (Lipinski definition) is 4. The van der Waals surface area contributed by atoms with Crippen molar-refractivity contribution in [1.82, 2.24) is 5.32 Å². The van der Waals surface area contributed by atoms with Gasteiger partial charge < -0.3 is 19.9 Å². The van der Waals surface area contributed by atoms with E-state index in [1.54, 1.807) is 6.92 Å². The van der Waals surface area contributed by atoms with Crippen LogP contribution in [0.5, 0.6) is 0 Å².